The monoisotopic (exact) mass is 287 g/mol. The van der Waals surface area contributed by atoms with Crippen molar-refractivity contribution in [3.63, 3.8) is 0 Å². The highest BCUT2D eigenvalue weighted by atomic mass is 16.3. The lowest BCUT2D eigenvalue weighted by Crippen LogP contribution is -2.51. The number of likely N-dealkylation sites (N-methyl/N-ethyl adjacent to an activating group) is 1. The molecule has 0 spiro atoms. The van der Waals surface area contributed by atoms with E-state index in [1.165, 1.54) is 0 Å². The number of hydrogen-bond acceptors (Lipinski definition) is 4. The van der Waals surface area contributed by atoms with Crippen LogP contribution in [0, 0.1) is 5.92 Å². The quantitative estimate of drug-likeness (QED) is 0.574. The molecule has 0 heterocycles. The standard InChI is InChI=1S/C16H37N3O/c1-6-18(7-2)10-9-11-19(8-3)16(13-20)15(17)12-14(4)5/h14-16,20H,6-13,17H2,1-5H3. The maximum atomic E-state index is 9.68. The van der Waals surface area contributed by atoms with Crippen LogP contribution in [-0.4, -0.2) is 66.3 Å². The van der Waals surface area contributed by atoms with E-state index in [0.29, 0.717) is 5.92 Å². The van der Waals surface area contributed by atoms with E-state index in [1.807, 2.05) is 0 Å². The van der Waals surface area contributed by atoms with Gasteiger partial charge >= 0.3 is 0 Å². The Balaban J connectivity index is 4.31. The van der Waals surface area contributed by atoms with Gasteiger partial charge in [-0.3, -0.25) is 4.90 Å². The summed E-state index contributed by atoms with van der Waals surface area (Å²) in [5.74, 6) is 0.577. The smallest absolute Gasteiger partial charge is 0.0601 e. The van der Waals surface area contributed by atoms with E-state index in [-0.39, 0.29) is 18.7 Å². The zero-order chi connectivity index (χ0) is 15.5. The maximum Gasteiger partial charge on any atom is 0.0601 e. The van der Waals surface area contributed by atoms with Gasteiger partial charge in [-0.25, -0.2) is 0 Å². The first-order chi connectivity index (χ1) is 9.49. The average Bonchev–Trinajstić information content (AvgIpc) is 2.41. The van der Waals surface area contributed by atoms with Crippen LogP contribution in [0.25, 0.3) is 0 Å². The van der Waals surface area contributed by atoms with Crippen molar-refractivity contribution >= 4 is 0 Å². The first-order valence-electron chi connectivity index (χ1n) is 8.32. The summed E-state index contributed by atoms with van der Waals surface area (Å²) in [6, 6.07) is 0.160. The third kappa shape index (κ3) is 7.58. The molecule has 4 heteroatoms. The van der Waals surface area contributed by atoms with Crippen molar-refractivity contribution in [2.75, 3.05) is 39.3 Å². The van der Waals surface area contributed by atoms with Gasteiger partial charge in [0.05, 0.1) is 6.61 Å². The van der Waals surface area contributed by atoms with Crippen molar-refractivity contribution in [3.05, 3.63) is 0 Å². The van der Waals surface area contributed by atoms with Crippen LogP contribution in [0.5, 0.6) is 0 Å². The molecular weight excluding hydrogens is 250 g/mol. The lowest BCUT2D eigenvalue weighted by Gasteiger charge is -2.34. The highest BCUT2D eigenvalue weighted by Gasteiger charge is 2.23. The van der Waals surface area contributed by atoms with E-state index in [2.05, 4.69) is 44.4 Å². The van der Waals surface area contributed by atoms with Crippen LogP contribution in [0.3, 0.4) is 0 Å². The SMILES string of the molecule is CCN(CC)CCCN(CC)C(CO)C(N)CC(C)C. The van der Waals surface area contributed by atoms with E-state index in [1.54, 1.807) is 0 Å². The van der Waals surface area contributed by atoms with Crippen molar-refractivity contribution in [1.82, 2.24) is 9.80 Å². The normalized spacial score (nSPS) is 15.3. The molecule has 0 aliphatic heterocycles. The number of nitrogens with zero attached hydrogens (tertiary/aromatic N) is 2. The maximum absolute atomic E-state index is 9.68. The minimum Gasteiger partial charge on any atom is -0.395 e. The Kier molecular flexibility index (Phi) is 11.4. The highest BCUT2D eigenvalue weighted by molar-refractivity contribution is 4.82. The number of aliphatic hydroxyl groups is 1. The summed E-state index contributed by atoms with van der Waals surface area (Å²) in [4.78, 5) is 4.78. The molecule has 0 amide bonds. The summed E-state index contributed by atoms with van der Waals surface area (Å²) in [7, 11) is 0. The van der Waals surface area contributed by atoms with Crippen LogP contribution >= 0.6 is 0 Å². The first-order valence-corrected chi connectivity index (χ1v) is 8.32. The molecule has 122 valence electrons. The first kappa shape index (κ1) is 19.8. The Morgan fingerprint density at radius 3 is 2.00 bits per heavy atom. The Morgan fingerprint density at radius 2 is 1.60 bits per heavy atom. The van der Waals surface area contributed by atoms with Gasteiger partial charge in [0.25, 0.3) is 0 Å². The van der Waals surface area contributed by atoms with Gasteiger partial charge in [-0.15, -0.1) is 0 Å². The Bertz CT molecular complexity index is 220. The fraction of sp³-hybridized carbons (Fsp3) is 1.00. The molecule has 0 aromatic rings. The molecule has 0 aliphatic carbocycles. The van der Waals surface area contributed by atoms with Gasteiger partial charge in [-0.2, -0.15) is 0 Å². The molecular formula is C16H37N3O. The van der Waals surface area contributed by atoms with Crippen molar-refractivity contribution in [3.8, 4) is 0 Å². The highest BCUT2D eigenvalue weighted by Crippen LogP contribution is 2.12. The van der Waals surface area contributed by atoms with Crippen molar-refractivity contribution in [2.45, 2.75) is 59.5 Å². The molecule has 0 fully saturated rings. The molecule has 0 radical (unpaired) electrons. The molecule has 0 aromatic heterocycles. The number of hydrogen-bond donors (Lipinski definition) is 2. The summed E-state index contributed by atoms with van der Waals surface area (Å²) < 4.78 is 0. The minimum atomic E-state index is 0.0633. The van der Waals surface area contributed by atoms with Gasteiger partial charge in [-0.1, -0.05) is 34.6 Å². The number of aliphatic hydroxyl groups excluding tert-OH is 1. The summed E-state index contributed by atoms with van der Waals surface area (Å²) >= 11 is 0. The fourth-order valence-electron chi connectivity index (χ4n) is 2.82. The lowest BCUT2D eigenvalue weighted by atomic mass is 9.97. The number of rotatable bonds is 12. The zero-order valence-electron chi connectivity index (χ0n) is 14.3. The summed E-state index contributed by atoms with van der Waals surface area (Å²) in [5, 5.41) is 9.68. The predicted molar refractivity (Wildman–Crippen MR) is 88.0 cm³/mol. The molecule has 0 rings (SSSR count). The second kappa shape index (κ2) is 11.5. The fourth-order valence-corrected chi connectivity index (χ4v) is 2.82. The third-order valence-corrected chi connectivity index (χ3v) is 4.11. The molecule has 2 unspecified atom stereocenters. The zero-order valence-corrected chi connectivity index (χ0v) is 14.3. The number of nitrogens with two attached hydrogens (primary N) is 1. The van der Waals surface area contributed by atoms with Gasteiger partial charge < -0.3 is 15.7 Å². The van der Waals surface area contributed by atoms with Gasteiger partial charge in [-0.05, 0) is 51.5 Å². The van der Waals surface area contributed by atoms with Crippen molar-refractivity contribution < 1.29 is 5.11 Å². The summed E-state index contributed by atoms with van der Waals surface area (Å²) in [6.07, 6.45) is 2.11. The van der Waals surface area contributed by atoms with Crippen LogP contribution in [0.4, 0.5) is 0 Å². The molecule has 0 saturated heterocycles. The second-order valence-electron chi connectivity index (χ2n) is 6.05. The van der Waals surface area contributed by atoms with E-state index in [4.69, 9.17) is 5.73 Å². The third-order valence-electron chi connectivity index (χ3n) is 4.11. The van der Waals surface area contributed by atoms with Gasteiger partial charge in [0.1, 0.15) is 0 Å². The van der Waals surface area contributed by atoms with Crippen LogP contribution in [0.1, 0.15) is 47.5 Å². The Labute approximate surface area is 126 Å². The van der Waals surface area contributed by atoms with Crippen LogP contribution in [0.2, 0.25) is 0 Å². The average molecular weight is 287 g/mol. The summed E-state index contributed by atoms with van der Waals surface area (Å²) in [6.45, 7) is 16.4. The van der Waals surface area contributed by atoms with Gasteiger partial charge in [0.2, 0.25) is 0 Å². The van der Waals surface area contributed by atoms with E-state index < -0.39 is 0 Å². The molecule has 0 saturated carbocycles. The van der Waals surface area contributed by atoms with E-state index in [0.717, 1.165) is 45.6 Å². The van der Waals surface area contributed by atoms with Crippen LogP contribution in [0.15, 0.2) is 0 Å². The molecule has 4 nitrogen and oxygen atoms in total. The molecule has 3 N–H and O–H groups in total. The van der Waals surface area contributed by atoms with Crippen molar-refractivity contribution in [1.29, 1.82) is 0 Å². The largest absolute Gasteiger partial charge is 0.395 e. The minimum absolute atomic E-state index is 0.0633. The molecule has 0 aromatic carbocycles. The molecule has 0 bridgehead atoms. The summed E-state index contributed by atoms with van der Waals surface area (Å²) in [5.41, 5.74) is 6.28. The Morgan fingerprint density at radius 1 is 1.00 bits per heavy atom. The van der Waals surface area contributed by atoms with Gasteiger partial charge in [0.15, 0.2) is 0 Å². The Hall–Kier alpha value is -0.160. The topological polar surface area (TPSA) is 52.7 Å². The molecule has 20 heavy (non-hydrogen) atoms. The van der Waals surface area contributed by atoms with Crippen LogP contribution in [-0.2, 0) is 0 Å². The predicted octanol–water partition coefficient (Wildman–Crippen LogP) is 1.77. The van der Waals surface area contributed by atoms with Crippen molar-refractivity contribution in [2.24, 2.45) is 11.7 Å². The molecule has 2 atom stereocenters. The van der Waals surface area contributed by atoms with Gasteiger partial charge in [0, 0.05) is 12.1 Å². The lowest BCUT2D eigenvalue weighted by molar-refractivity contribution is 0.0979. The second-order valence-corrected chi connectivity index (χ2v) is 6.05. The van der Waals surface area contributed by atoms with E-state index >= 15 is 0 Å². The van der Waals surface area contributed by atoms with E-state index in [9.17, 15) is 5.11 Å². The van der Waals surface area contributed by atoms with Crippen LogP contribution < -0.4 is 5.73 Å². The molecule has 0 aliphatic rings.